The Morgan fingerprint density at radius 2 is 2.12 bits per heavy atom. The van der Waals surface area contributed by atoms with Gasteiger partial charge in [-0.3, -0.25) is 0 Å². The van der Waals surface area contributed by atoms with E-state index in [1.807, 2.05) is 0 Å². The average Bonchev–Trinajstić information content (AvgIpc) is 2.23. The summed E-state index contributed by atoms with van der Waals surface area (Å²) in [6, 6.07) is 5.08. The molecule has 0 atom stereocenters. The van der Waals surface area contributed by atoms with Crippen molar-refractivity contribution in [2.45, 2.75) is 6.61 Å². The Kier molecular flexibility index (Phi) is 4.73. The molecule has 1 rings (SSSR count). The fraction of sp³-hybridized carbons (Fsp3) is 0.273. The summed E-state index contributed by atoms with van der Waals surface area (Å²) in [5, 5.41) is 9.00. The molecule has 0 unspecified atom stereocenters. The van der Waals surface area contributed by atoms with Crippen LogP contribution >= 0.6 is 15.9 Å². The molecule has 0 saturated carbocycles. The lowest BCUT2D eigenvalue weighted by atomic mass is 10.2. The standard InChI is InChI=1S/C11H13BrO4S/c1-8(17(2,14)15)7-16-11-4-9(6-13)3-10(12)5-11/h3-5,13H,1,6-7H2,2H3. The molecule has 94 valence electrons. The number of aliphatic hydroxyl groups excluding tert-OH is 1. The Morgan fingerprint density at radius 1 is 1.47 bits per heavy atom. The fourth-order valence-corrected chi connectivity index (χ4v) is 1.86. The number of hydrogen-bond acceptors (Lipinski definition) is 4. The first-order valence-electron chi connectivity index (χ1n) is 4.74. The SMILES string of the molecule is C=C(COc1cc(Br)cc(CO)c1)S(C)(=O)=O. The molecule has 0 amide bonds. The summed E-state index contributed by atoms with van der Waals surface area (Å²) in [5.41, 5.74) is 0.680. The van der Waals surface area contributed by atoms with E-state index in [0.717, 1.165) is 10.7 Å². The molecule has 0 aliphatic carbocycles. The summed E-state index contributed by atoms with van der Waals surface area (Å²) in [7, 11) is -3.28. The molecule has 0 aromatic heterocycles. The van der Waals surface area contributed by atoms with Crippen LogP contribution in [0.2, 0.25) is 0 Å². The first-order chi connectivity index (χ1) is 7.82. The molecule has 0 heterocycles. The lowest BCUT2D eigenvalue weighted by molar-refractivity contribution is 0.280. The number of benzene rings is 1. The van der Waals surface area contributed by atoms with Crippen LogP contribution in [0.4, 0.5) is 0 Å². The molecule has 1 aromatic rings. The van der Waals surface area contributed by atoms with Crippen LogP contribution in [-0.4, -0.2) is 26.4 Å². The second-order valence-electron chi connectivity index (χ2n) is 3.55. The van der Waals surface area contributed by atoms with E-state index in [9.17, 15) is 8.42 Å². The molecule has 0 bridgehead atoms. The van der Waals surface area contributed by atoms with Crippen molar-refractivity contribution >= 4 is 25.8 Å². The first-order valence-corrected chi connectivity index (χ1v) is 7.42. The molecule has 0 aliphatic rings. The van der Waals surface area contributed by atoms with Crippen LogP contribution in [0.15, 0.2) is 34.2 Å². The van der Waals surface area contributed by atoms with Gasteiger partial charge in [-0.25, -0.2) is 8.42 Å². The molecular formula is C11H13BrO4S. The van der Waals surface area contributed by atoms with Crippen LogP contribution in [0.5, 0.6) is 5.75 Å². The molecule has 0 fully saturated rings. The van der Waals surface area contributed by atoms with Crippen LogP contribution in [0, 0.1) is 0 Å². The highest BCUT2D eigenvalue weighted by molar-refractivity contribution is 9.10. The predicted octanol–water partition coefficient (Wildman–Crippen LogP) is 1.88. The second kappa shape index (κ2) is 5.66. The smallest absolute Gasteiger partial charge is 0.174 e. The van der Waals surface area contributed by atoms with Gasteiger partial charge in [0.15, 0.2) is 9.84 Å². The Hall–Kier alpha value is -0.850. The maximum atomic E-state index is 11.1. The minimum Gasteiger partial charge on any atom is -0.488 e. The van der Waals surface area contributed by atoms with Crippen molar-refractivity contribution in [2.75, 3.05) is 12.9 Å². The van der Waals surface area contributed by atoms with E-state index in [-0.39, 0.29) is 18.1 Å². The fourth-order valence-electron chi connectivity index (χ4n) is 1.07. The van der Waals surface area contributed by atoms with Crippen molar-refractivity contribution in [3.63, 3.8) is 0 Å². The Morgan fingerprint density at radius 3 is 2.65 bits per heavy atom. The van der Waals surface area contributed by atoms with Gasteiger partial charge < -0.3 is 9.84 Å². The summed E-state index contributed by atoms with van der Waals surface area (Å²) in [4.78, 5) is 0.0167. The Balaban J connectivity index is 2.76. The van der Waals surface area contributed by atoms with Crippen LogP contribution in [-0.2, 0) is 16.4 Å². The molecule has 17 heavy (non-hydrogen) atoms. The van der Waals surface area contributed by atoms with Crippen molar-refractivity contribution in [3.05, 3.63) is 39.7 Å². The van der Waals surface area contributed by atoms with Gasteiger partial charge in [-0.15, -0.1) is 0 Å². The molecule has 0 spiro atoms. The van der Waals surface area contributed by atoms with E-state index in [4.69, 9.17) is 9.84 Å². The van der Waals surface area contributed by atoms with Crippen molar-refractivity contribution in [1.82, 2.24) is 0 Å². The third-order valence-corrected chi connectivity index (χ3v) is 3.66. The van der Waals surface area contributed by atoms with E-state index in [1.54, 1.807) is 18.2 Å². The zero-order valence-electron chi connectivity index (χ0n) is 9.31. The second-order valence-corrected chi connectivity index (χ2v) is 6.59. The monoisotopic (exact) mass is 320 g/mol. The number of hydrogen-bond donors (Lipinski definition) is 1. The number of aliphatic hydroxyl groups is 1. The quantitative estimate of drug-likeness (QED) is 0.899. The van der Waals surface area contributed by atoms with Gasteiger partial charge in [-0.2, -0.15) is 0 Å². The van der Waals surface area contributed by atoms with Crippen LogP contribution in [0.25, 0.3) is 0 Å². The molecule has 0 radical (unpaired) electrons. The third-order valence-electron chi connectivity index (χ3n) is 2.04. The largest absolute Gasteiger partial charge is 0.488 e. The van der Waals surface area contributed by atoms with Gasteiger partial charge in [0, 0.05) is 10.7 Å². The number of sulfone groups is 1. The molecule has 4 nitrogen and oxygen atoms in total. The minimum absolute atomic E-state index is 0.0167. The normalized spacial score (nSPS) is 11.2. The molecule has 1 N–H and O–H groups in total. The van der Waals surface area contributed by atoms with E-state index in [1.165, 1.54) is 0 Å². The molecule has 6 heteroatoms. The topological polar surface area (TPSA) is 63.6 Å². The zero-order chi connectivity index (χ0) is 13.1. The third kappa shape index (κ3) is 4.49. The van der Waals surface area contributed by atoms with Gasteiger partial charge >= 0.3 is 0 Å². The van der Waals surface area contributed by atoms with E-state index >= 15 is 0 Å². The summed E-state index contributed by atoms with van der Waals surface area (Å²) in [6.45, 7) is 3.23. The van der Waals surface area contributed by atoms with Crippen molar-refractivity contribution in [2.24, 2.45) is 0 Å². The summed E-state index contributed by atoms with van der Waals surface area (Å²) in [5.74, 6) is 0.480. The summed E-state index contributed by atoms with van der Waals surface area (Å²) in [6.07, 6.45) is 1.08. The first kappa shape index (κ1) is 14.2. The zero-order valence-corrected chi connectivity index (χ0v) is 11.7. The lowest BCUT2D eigenvalue weighted by Crippen LogP contribution is -2.09. The van der Waals surface area contributed by atoms with E-state index in [0.29, 0.717) is 11.3 Å². The predicted molar refractivity (Wildman–Crippen MR) is 69.5 cm³/mol. The maximum Gasteiger partial charge on any atom is 0.174 e. The van der Waals surface area contributed by atoms with Crippen molar-refractivity contribution in [3.8, 4) is 5.75 Å². The highest BCUT2D eigenvalue weighted by Crippen LogP contribution is 2.22. The number of rotatable bonds is 5. The molecule has 0 aliphatic heterocycles. The van der Waals surface area contributed by atoms with Gasteiger partial charge in [-0.1, -0.05) is 22.5 Å². The average molecular weight is 321 g/mol. The number of ether oxygens (including phenoxy) is 1. The number of halogens is 1. The lowest BCUT2D eigenvalue weighted by Gasteiger charge is -2.09. The van der Waals surface area contributed by atoms with Crippen LogP contribution in [0.3, 0.4) is 0 Å². The highest BCUT2D eigenvalue weighted by atomic mass is 79.9. The highest BCUT2D eigenvalue weighted by Gasteiger charge is 2.09. The Labute approximate surface area is 109 Å². The molecule has 0 saturated heterocycles. The van der Waals surface area contributed by atoms with Gasteiger partial charge in [0.25, 0.3) is 0 Å². The van der Waals surface area contributed by atoms with Gasteiger partial charge in [0.05, 0.1) is 11.5 Å². The van der Waals surface area contributed by atoms with Gasteiger partial charge in [-0.05, 0) is 23.8 Å². The van der Waals surface area contributed by atoms with E-state index < -0.39 is 9.84 Å². The maximum absolute atomic E-state index is 11.1. The van der Waals surface area contributed by atoms with E-state index in [2.05, 4.69) is 22.5 Å². The summed E-state index contributed by atoms with van der Waals surface area (Å²) < 4.78 is 28.3. The van der Waals surface area contributed by atoms with Crippen molar-refractivity contribution < 1.29 is 18.3 Å². The van der Waals surface area contributed by atoms with Crippen LogP contribution < -0.4 is 4.74 Å². The molecule has 1 aromatic carbocycles. The van der Waals surface area contributed by atoms with Gasteiger partial charge in [0.1, 0.15) is 12.4 Å². The Bertz CT molecular complexity index is 522. The van der Waals surface area contributed by atoms with Crippen LogP contribution in [0.1, 0.15) is 5.56 Å². The minimum atomic E-state index is -3.28. The van der Waals surface area contributed by atoms with Gasteiger partial charge in [0.2, 0.25) is 0 Å². The molecular weight excluding hydrogens is 308 g/mol. The summed E-state index contributed by atoms with van der Waals surface area (Å²) >= 11 is 3.27. The van der Waals surface area contributed by atoms with Crippen molar-refractivity contribution in [1.29, 1.82) is 0 Å².